The van der Waals surface area contributed by atoms with E-state index in [1.807, 2.05) is 6.07 Å². The van der Waals surface area contributed by atoms with E-state index in [-0.39, 0.29) is 0 Å². The second-order valence-corrected chi connectivity index (χ2v) is 6.33. The highest BCUT2D eigenvalue weighted by atomic mass is 15.0. The Bertz CT molecular complexity index is 524. The van der Waals surface area contributed by atoms with Crippen molar-refractivity contribution in [1.29, 1.82) is 5.26 Å². The highest BCUT2D eigenvalue weighted by Crippen LogP contribution is 2.40. The Kier molecular flexibility index (Phi) is 3.18. The van der Waals surface area contributed by atoms with Gasteiger partial charge >= 0.3 is 0 Å². The molecule has 0 aromatic carbocycles. The van der Waals surface area contributed by atoms with Crippen LogP contribution in [0.5, 0.6) is 0 Å². The summed E-state index contributed by atoms with van der Waals surface area (Å²) in [5, 5.41) is 12.7. The number of aryl methyl sites for hydroxylation is 2. The Balaban J connectivity index is 1.81. The number of nitriles is 1. The van der Waals surface area contributed by atoms with E-state index in [1.165, 1.54) is 43.4 Å². The maximum absolute atomic E-state index is 9.29. The lowest BCUT2D eigenvalue weighted by atomic mass is 9.70. The highest BCUT2D eigenvalue weighted by molar-refractivity contribution is 5.54. The molecular formula is C16H21N3. The van der Waals surface area contributed by atoms with Gasteiger partial charge in [0.1, 0.15) is 11.9 Å². The minimum absolute atomic E-state index is 0.407. The van der Waals surface area contributed by atoms with Gasteiger partial charge in [0.15, 0.2) is 0 Å². The number of rotatable bonds is 3. The molecule has 0 unspecified atom stereocenters. The van der Waals surface area contributed by atoms with Crippen LogP contribution in [-0.4, -0.2) is 11.5 Å². The molecule has 0 radical (unpaired) electrons. The van der Waals surface area contributed by atoms with E-state index in [0.29, 0.717) is 11.0 Å². The van der Waals surface area contributed by atoms with Gasteiger partial charge in [-0.2, -0.15) is 5.26 Å². The number of hydrogen-bond donors (Lipinski definition) is 1. The monoisotopic (exact) mass is 255 g/mol. The minimum Gasteiger partial charge on any atom is -0.368 e. The van der Waals surface area contributed by atoms with Crippen molar-refractivity contribution in [3.05, 3.63) is 22.9 Å². The summed E-state index contributed by atoms with van der Waals surface area (Å²) in [7, 11) is 0. The smallest absolute Gasteiger partial charge is 0.144 e. The molecule has 19 heavy (non-hydrogen) atoms. The fourth-order valence-corrected chi connectivity index (χ4v) is 3.11. The van der Waals surface area contributed by atoms with Gasteiger partial charge in [-0.15, -0.1) is 0 Å². The minimum atomic E-state index is 0.407. The van der Waals surface area contributed by atoms with Gasteiger partial charge in [-0.05, 0) is 55.6 Å². The van der Waals surface area contributed by atoms with Gasteiger partial charge in [0.05, 0.1) is 5.56 Å². The standard InChI is InChI=1S/C16H21N3/c1-16(7-4-8-16)11-18-15-13(10-17)9-12-5-2-3-6-14(12)19-15/h9H,2-8,11H2,1H3,(H,18,19). The fraction of sp³-hybridized carbons (Fsp3) is 0.625. The number of hydrogen-bond acceptors (Lipinski definition) is 3. The number of anilines is 1. The second-order valence-electron chi connectivity index (χ2n) is 6.33. The van der Waals surface area contributed by atoms with Crippen molar-refractivity contribution >= 4 is 5.82 Å². The zero-order valence-corrected chi connectivity index (χ0v) is 11.6. The fourth-order valence-electron chi connectivity index (χ4n) is 3.11. The maximum Gasteiger partial charge on any atom is 0.144 e. The van der Waals surface area contributed by atoms with Crippen LogP contribution in [0.1, 0.15) is 55.8 Å². The summed E-state index contributed by atoms with van der Waals surface area (Å²) in [6.45, 7) is 3.25. The third-order valence-corrected chi connectivity index (χ3v) is 4.66. The van der Waals surface area contributed by atoms with Crippen LogP contribution in [0, 0.1) is 16.7 Å². The third-order valence-electron chi connectivity index (χ3n) is 4.66. The number of fused-ring (bicyclic) bond motifs is 1. The van der Waals surface area contributed by atoms with Crippen molar-refractivity contribution in [2.45, 2.75) is 51.9 Å². The lowest BCUT2D eigenvalue weighted by Gasteiger charge is -2.38. The normalized spacial score (nSPS) is 20.0. The summed E-state index contributed by atoms with van der Waals surface area (Å²) in [5.74, 6) is 0.802. The molecule has 0 atom stereocenters. The number of nitrogens with zero attached hydrogens (tertiary/aromatic N) is 2. The van der Waals surface area contributed by atoms with Crippen molar-refractivity contribution < 1.29 is 0 Å². The van der Waals surface area contributed by atoms with Crippen LogP contribution < -0.4 is 5.32 Å². The average Bonchev–Trinajstić information content (AvgIpc) is 2.42. The van der Waals surface area contributed by atoms with Gasteiger partial charge in [-0.3, -0.25) is 0 Å². The zero-order valence-electron chi connectivity index (χ0n) is 11.6. The molecule has 0 amide bonds. The molecule has 100 valence electrons. The first-order valence-corrected chi connectivity index (χ1v) is 7.37. The van der Waals surface area contributed by atoms with Crippen LogP contribution in [0.3, 0.4) is 0 Å². The van der Waals surface area contributed by atoms with E-state index >= 15 is 0 Å². The Hall–Kier alpha value is -1.56. The van der Waals surface area contributed by atoms with Crippen molar-refractivity contribution in [3.8, 4) is 6.07 Å². The average molecular weight is 255 g/mol. The van der Waals surface area contributed by atoms with Crippen molar-refractivity contribution in [2.24, 2.45) is 5.41 Å². The van der Waals surface area contributed by atoms with Crippen LogP contribution in [0.15, 0.2) is 6.07 Å². The summed E-state index contributed by atoms with van der Waals surface area (Å²) in [6.07, 6.45) is 8.50. The Morgan fingerprint density at radius 2 is 2.11 bits per heavy atom. The second kappa shape index (κ2) is 4.85. The molecule has 0 saturated heterocycles. The van der Waals surface area contributed by atoms with Crippen LogP contribution in [0.25, 0.3) is 0 Å². The molecule has 1 heterocycles. The van der Waals surface area contributed by atoms with Crippen molar-refractivity contribution in [3.63, 3.8) is 0 Å². The first-order valence-electron chi connectivity index (χ1n) is 7.37. The molecule has 1 aromatic rings. The molecule has 0 aliphatic heterocycles. The molecule has 2 aliphatic carbocycles. The maximum atomic E-state index is 9.29. The lowest BCUT2D eigenvalue weighted by molar-refractivity contribution is 0.180. The van der Waals surface area contributed by atoms with E-state index in [9.17, 15) is 5.26 Å². The van der Waals surface area contributed by atoms with Crippen molar-refractivity contribution in [2.75, 3.05) is 11.9 Å². The molecule has 0 spiro atoms. The molecular weight excluding hydrogens is 234 g/mol. The molecule has 3 nitrogen and oxygen atoms in total. The van der Waals surface area contributed by atoms with Gasteiger partial charge in [0, 0.05) is 12.2 Å². The molecule has 1 N–H and O–H groups in total. The summed E-state index contributed by atoms with van der Waals surface area (Å²) < 4.78 is 0. The van der Waals surface area contributed by atoms with E-state index in [0.717, 1.165) is 25.2 Å². The predicted molar refractivity (Wildman–Crippen MR) is 76.0 cm³/mol. The van der Waals surface area contributed by atoms with E-state index < -0.39 is 0 Å². The third kappa shape index (κ3) is 2.45. The van der Waals surface area contributed by atoms with Crippen LogP contribution in [-0.2, 0) is 12.8 Å². The summed E-state index contributed by atoms with van der Waals surface area (Å²) in [6, 6.07) is 4.34. The van der Waals surface area contributed by atoms with Gasteiger partial charge in [-0.1, -0.05) is 13.3 Å². The molecule has 1 saturated carbocycles. The molecule has 3 rings (SSSR count). The molecule has 2 aliphatic rings. The Labute approximate surface area is 115 Å². The Morgan fingerprint density at radius 3 is 2.79 bits per heavy atom. The van der Waals surface area contributed by atoms with Crippen LogP contribution >= 0.6 is 0 Å². The zero-order chi connectivity index (χ0) is 13.3. The van der Waals surface area contributed by atoms with Crippen molar-refractivity contribution in [1.82, 2.24) is 4.98 Å². The largest absolute Gasteiger partial charge is 0.368 e. The van der Waals surface area contributed by atoms with Crippen LogP contribution in [0.2, 0.25) is 0 Å². The molecule has 3 heteroatoms. The van der Waals surface area contributed by atoms with Gasteiger partial charge in [0.2, 0.25) is 0 Å². The van der Waals surface area contributed by atoms with Gasteiger partial charge < -0.3 is 5.32 Å². The summed E-state index contributed by atoms with van der Waals surface area (Å²) in [5.41, 5.74) is 3.60. The number of aromatic nitrogens is 1. The molecule has 0 bridgehead atoms. The van der Waals surface area contributed by atoms with E-state index in [2.05, 4.69) is 18.3 Å². The Morgan fingerprint density at radius 1 is 1.32 bits per heavy atom. The molecule has 1 fully saturated rings. The lowest BCUT2D eigenvalue weighted by Crippen LogP contribution is -2.33. The SMILES string of the molecule is CC1(CNc2nc3c(cc2C#N)CCCC3)CCC1. The van der Waals surface area contributed by atoms with Crippen LogP contribution in [0.4, 0.5) is 5.82 Å². The van der Waals surface area contributed by atoms with Gasteiger partial charge in [-0.25, -0.2) is 4.98 Å². The first-order chi connectivity index (χ1) is 9.20. The summed E-state index contributed by atoms with van der Waals surface area (Å²) >= 11 is 0. The highest BCUT2D eigenvalue weighted by Gasteiger charge is 2.31. The predicted octanol–water partition coefficient (Wildman–Crippen LogP) is 3.43. The van der Waals surface area contributed by atoms with Gasteiger partial charge in [0.25, 0.3) is 0 Å². The summed E-state index contributed by atoms with van der Waals surface area (Å²) in [4.78, 5) is 4.71. The quantitative estimate of drug-likeness (QED) is 0.900. The van der Waals surface area contributed by atoms with E-state index in [4.69, 9.17) is 4.98 Å². The van der Waals surface area contributed by atoms with E-state index in [1.54, 1.807) is 0 Å². The first kappa shape index (κ1) is 12.5. The molecule has 1 aromatic heterocycles. The number of pyridine rings is 1. The topological polar surface area (TPSA) is 48.7 Å². The number of nitrogens with one attached hydrogen (secondary N) is 1.